The fourth-order valence-corrected chi connectivity index (χ4v) is 4.19. The van der Waals surface area contributed by atoms with Crippen LogP contribution in [0.1, 0.15) is 5.56 Å². The molecule has 0 unspecified atom stereocenters. The van der Waals surface area contributed by atoms with E-state index in [1.807, 2.05) is 41.3 Å². The Bertz CT molecular complexity index is 899. The number of likely N-dealkylation sites (N-methyl/N-ethyl adjacent to an activating group) is 1. The minimum Gasteiger partial charge on any atom is -0.495 e. The third kappa shape index (κ3) is 5.20. The molecule has 6 heteroatoms. The van der Waals surface area contributed by atoms with Crippen molar-refractivity contribution in [2.24, 2.45) is 0 Å². The molecule has 0 saturated carbocycles. The number of benzene rings is 2. The number of methoxy groups -OCH3 is 1. The van der Waals surface area contributed by atoms with Crippen LogP contribution in [0.25, 0.3) is 6.08 Å². The molecule has 2 aliphatic rings. The Labute approximate surface area is 185 Å². The zero-order valence-electron chi connectivity index (χ0n) is 18.5. The average Bonchev–Trinajstić information content (AvgIpc) is 2.83. The van der Waals surface area contributed by atoms with Gasteiger partial charge in [0.05, 0.1) is 12.8 Å². The Hall–Kier alpha value is -2.99. The fraction of sp³-hybridized carbons (Fsp3) is 0.400. The molecule has 0 N–H and O–H groups in total. The number of rotatable bonds is 5. The zero-order valence-corrected chi connectivity index (χ0v) is 18.5. The van der Waals surface area contributed by atoms with Crippen LogP contribution >= 0.6 is 0 Å². The van der Waals surface area contributed by atoms with Gasteiger partial charge in [0.2, 0.25) is 5.91 Å². The van der Waals surface area contributed by atoms with Crippen LogP contribution in [0.15, 0.2) is 54.6 Å². The summed E-state index contributed by atoms with van der Waals surface area (Å²) in [7, 11) is 3.91. The van der Waals surface area contributed by atoms with Gasteiger partial charge < -0.3 is 24.3 Å². The van der Waals surface area contributed by atoms with Gasteiger partial charge in [-0.25, -0.2) is 0 Å². The standard InChI is InChI=1S/C25H32N4O2/c1-26-12-14-28(15-13-26)23-20-22(9-10-24(23)31-2)27-16-18-29(19-17-27)25(30)11-8-21-6-4-3-5-7-21/h3-11,20H,12-19H2,1-2H3/b11-8+. The van der Waals surface area contributed by atoms with Gasteiger partial charge in [-0.1, -0.05) is 30.3 Å². The van der Waals surface area contributed by atoms with Crippen molar-refractivity contribution in [3.05, 3.63) is 60.2 Å². The van der Waals surface area contributed by atoms with E-state index in [0.717, 1.165) is 69.4 Å². The van der Waals surface area contributed by atoms with Gasteiger partial charge >= 0.3 is 0 Å². The Balaban J connectivity index is 1.38. The number of nitrogens with zero attached hydrogens (tertiary/aromatic N) is 4. The summed E-state index contributed by atoms with van der Waals surface area (Å²) in [5.74, 6) is 1.00. The second kappa shape index (κ2) is 9.88. The summed E-state index contributed by atoms with van der Waals surface area (Å²) < 4.78 is 5.65. The van der Waals surface area contributed by atoms with Gasteiger partial charge in [0.25, 0.3) is 0 Å². The van der Waals surface area contributed by atoms with Gasteiger partial charge in [0.1, 0.15) is 5.75 Å². The maximum absolute atomic E-state index is 12.6. The molecule has 2 aromatic rings. The summed E-state index contributed by atoms with van der Waals surface area (Å²) in [6, 6.07) is 16.4. The molecule has 2 saturated heterocycles. The first-order chi connectivity index (χ1) is 15.1. The highest BCUT2D eigenvalue weighted by Gasteiger charge is 2.23. The molecule has 0 bridgehead atoms. The fourth-order valence-electron chi connectivity index (χ4n) is 4.19. The molecule has 0 aliphatic carbocycles. The van der Waals surface area contributed by atoms with Crippen LogP contribution in [-0.2, 0) is 4.79 Å². The molecule has 4 rings (SSSR count). The largest absolute Gasteiger partial charge is 0.495 e. The second-order valence-corrected chi connectivity index (χ2v) is 8.20. The summed E-state index contributed by atoms with van der Waals surface area (Å²) in [4.78, 5) is 21.6. The van der Waals surface area contributed by atoms with Crippen molar-refractivity contribution in [2.75, 3.05) is 76.3 Å². The number of anilines is 2. The molecule has 164 valence electrons. The number of piperazine rings is 2. The number of carbonyl (C=O) groups is 1. The summed E-state index contributed by atoms with van der Waals surface area (Å²) >= 11 is 0. The minimum atomic E-state index is 0.0800. The van der Waals surface area contributed by atoms with Crippen molar-refractivity contribution in [3.8, 4) is 5.75 Å². The maximum atomic E-state index is 12.6. The predicted molar refractivity (Wildman–Crippen MR) is 127 cm³/mol. The van der Waals surface area contributed by atoms with Gasteiger partial charge in [-0.3, -0.25) is 4.79 Å². The first-order valence-electron chi connectivity index (χ1n) is 11.0. The summed E-state index contributed by atoms with van der Waals surface area (Å²) in [6.07, 6.45) is 3.57. The lowest BCUT2D eigenvalue weighted by Gasteiger charge is -2.38. The Morgan fingerprint density at radius 3 is 2.23 bits per heavy atom. The SMILES string of the molecule is COc1ccc(N2CCN(C(=O)/C=C/c3ccccc3)CC2)cc1N1CCN(C)CC1. The van der Waals surface area contributed by atoms with Crippen molar-refractivity contribution in [1.29, 1.82) is 0 Å². The van der Waals surface area contributed by atoms with Crippen molar-refractivity contribution in [2.45, 2.75) is 0 Å². The summed E-state index contributed by atoms with van der Waals surface area (Å²) in [5, 5.41) is 0. The third-order valence-electron chi connectivity index (χ3n) is 6.18. The van der Waals surface area contributed by atoms with Gasteiger partial charge in [-0.2, -0.15) is 0 Å². The van der Waals surface area contributed by atoms with E-state index in [1.165, 1.54) is 5.69 Å². The van der Waals surface area contributed by atoms with Crippen molar-refractivity contribution < 1.29 is 9.53 Å². The Morgan fingerprint density at radius 1 is 0.871 bits per heavy atom. The van der Waals surface area contributed by atoms with E-state index in [9.17, 15) is 4.79 Å². The molecule has 31 heavy (non-hydrogen) atoms. The number of amides is 1. The van der Waals surface area contributed by atoms with E-state index in [0.29, 0.717) is 0 Å². The second-order valence-electron chi connectivity index (χ2n) is 8.20. The lowest BCUT2D eigenvalue weighted by molar-refractivity contribution is -0.126. The molecule has 6 nitrogen and oxygen atoms in total. The van der Waals surface area contributed by atoms with Crippen LogP contribution in [0.2, 0.25) is 0 Å². The molecule has 0 radical (unpaired) electrons. The van der Waals surface area contributed by atoms with Gasteiger partial charge in [-0.05, 0) is 36.9 Å². The highest BCUT2D eigenvalue weighted by Crippen LogP contribution is 2.33. The number of carbonyl (C=O) groups excluding carboxylic acids is 1. The molecule has 2 fully saturated rings. The Morgan fingerprint density at radius 2 is 1.55 bits per heavy atom. The van der Waals surface area contributed by atoms with Crippen LogP contribution in [0.3, 0.4) is 0 Å². The van der Waals surface area contributed by atoms with E-state index < -0.39 is 0 Å². The quantitative estimate of drug-likeness (QED) is 0.696. The molecule has 2 aromatic carbocycles. The van der Waals surface area contributed by atoms with Gasteiger partial charge in [0.15, 0.2) is 0 Å². The number of hydrogen-bond donors (Lipinski definition) is 0. The van der Waals surface area contributed by atoms with E-state index >= 15 is 0 Å². The Kier molecular flexibility index (Phi) is 6.77. The molecule has 0 aromatic heterocycles. The molecule has 2 aliphatic heterocycles. The van der Waals surface area contributed by atoms with Crippen LogP contribution < -0.4 is 14.5 Å². The first-order valence-corrected chi connectivity index (χ1v) is 11.0. The first kappa shape index (κ1) is 21.2. The third-order valence-corrected chi connectivity index (χ3v) is 6.18. The smallest absolute Gasteiger partial charge is 0.246 e. The van der Waals surface area contributed by atoms with E-state index in [2.05, 4.69) is 39.9 Å². The molecular formula is C25H32N4O2. The van der Waals surface area contributed by atoms with Crippen molar-refractivity contribution in [1.82, 2.24) is 9.80 Å². The highest BCUT2D eigenvalue weighted by atomic mass is 16.5. The zero-order chi connectivity index (χ0) is 21.6. The van der Waals surface area contributed by atoms with E-state index in [4.69, 9.17) is 4.74 Å². The van der Waals surface area contributed by atoms with Crippen LogP contribution in [0.4, 0.5) is 11.4 Å². The van der Waals surface area contributed by atoms with Crippen molar-refractivity contribution in [3.63, 3.8) is 0 Å². The van der Waals surface area contributed by atoms with Crippen LogP contribution in [0.5, 0.6) is 5.75 Å². The van der Waals surface area contributed by atoms with E-state index in [1.54, 1.807) is 13.2 Å². The lowest BCUT2D eigenvalue weighted by atomic mass is 10.1. The molecule has 2 heterocycles. The average molecular weight is 421 g/mol. The predicted octanol–water partition coefficient (Wildman–Crippen LogP) is 2.81. The monoisotopic (exact) mass is 420 g/mol. The number of hydrogen-bond acceptors (Lipinski definition) is 5. The minimum absolute atomic E-state index is 0.0800. The number of ether oxygens (including phenoxy) is 1. The maximum Gasteiger partial charge on any atom is 0.246 e. The molecule has 0 atom stereocenters. The lowest BCUT2D eigenvalue weighted by Crippen LogP contribution is -2.48. The van der Waals surface area contributed by atoms with Gasteiger partial charge in [-0.15, -0.1) is 0 Å². The van der Waals surface area contributed by atoms with Gasteiger partial charge in [0, 0.05) is 64.1 Å². The van der Waals surface area contributed by atoms with Crippen molar-refractivity contribution >= 4 is 23.4 Å². The normalized spacial score (nSPS) is 17.9. The summed E-state index contributed by atoms with van der Waals surface area (Å²) in [6.45, 7) is 7.26. The molecule has 0 spiro atoms. The molecule has 1 amide bonds. The van der Waals surface area contributed by atoms with Crippen LogP contribution in [-0.4, -0.2) is 82.2 Å². The van der Waals surface area contributed by atoms with E-state index in [-0.39, 0.29) is 5.91 Å². The topological polar surface area (TPSA) is 39.3 Å². The highest BCUT2D eigenvalue weighted by molar-refractivity contribution is 5.92. The van der Waals surface area contributed by atoms with Crippen LogP contribution in [0, 0.1) is 0 Å². The molecular weight excluding hydrogens is 388 g/mol. The summed E-state index contributed by atoms with van der Waals surface area (Å²) in [5.41, 5.74) is 3.41.